The summed E-state index contributed by atoms with van der Waals surface area (Å²) in [5, 5.41) is 0. The van der Waals surface area contributed by atoms with Gasteiger partial charge in [0.15, 0.2) is 5.82 Å². The van der Waals surface area contributed by atoms with E-state index >= 15 is 0 Å². The summed E-state index contributed by atoms with van der Waals surface area (Å²) < 4.78 is 31.8. The van der Waals surface area contributed by atoms with Gasteiger partial charge in [-0.1, -0.05) is 0 Å². The molecule has 0 spiro atoms. The number of ether oxygens (including phenoxy) is 1. The molecule has 0 aliphatic rings. The lowest BCUT2D eigenvalue weighted by Gasteiger charge is -2.20. The van der Waals surface area contributed by atoms with E-state index in [4.69, 9.17) is 10.5 Å². The molecule has 3 nitrogen and oxygen atoms in total. The monoisotopic (exact) mass is 307 g/mol. The number of hydrogen-bond donors (Lipinski definition) is 1. The Bertz CT molecular complexity index is 470. The van der Waals surface area contributed by atoms with Gasteiger partial charge in [0.05, 0.1) is 10.2 Å². The number of anilines is 1. The third kappa shape index (κ3) is 3.15. The van der Waals surface area contributed by atoms with E-state index in [1.807, 2.05) is 0 Å². The van der Waals surface area contributed by atoms with Crippen LogP contribution in [-0.4, -0.2) is 11.6 Å². The van der Waals surface area contributed by atoms with Crippen LogP contribution in [0.4, 0.5) is 14.5 Å². The van der Waals surface area contributed by atoms with E-state index in [2.05, 4.69) is 15.9 Å². The molecule has 6 heteroatoms. The smallest absolute Gasteiger partial charge is 0.343 e. The van der Waals surface area contributed by atoms with Crippen molar-refractivity contribution < 1.29 is 18.3 Å². The molecule has 0 aliphatic carbocycles. The molecule has 0 aliphatic heterocycles. The van der Waals surface area contributed by atoms with Gasteiger partial charge >= 0.3 is 5.97 Å². The first-order chi connectivity index (χ1) is 7.63. The van der Waals surface area contributed by atoms with Crippen molar-refractivity contribution in [3.05, 3.63) is 27.7 Å². The van der Waals surface area contributed by atoms with Gasteiger partial charge in [0, 0.05) is 0 Å². The Morgan fingerprint density at radius 3 is 2.41 bits per heavy atom. The molecule has 0 heterocycles. The van der Waals surface area contributed by atoms with Gasteiger partial charge in [-0.3, -0.25) is 0 Å². The molecule has 0 radical (unpaired) electrons. The molecular formula is C11H12BrF2NO2. The summed E-state index contributed by atoms with van der Waals surface area (Å²) >= 11 is 2.79. The maximum Gasteiger partial charge on any atom is 0.343 e. The van der Waals surface area contributed by atoms with E-state index in [0.717, 1.165) is 6.07 Å². The van der Waals surface area contributed by atoms with E-state index in [1.54, 1.807) is 20.8 Å². The number of carbonyl (C=O) groups is 1. The van der Waals surface area contributed by atoms with Crippen LogP contribution in [0.1, 0.15) is 31.1 Å². The number of halogens is 3. The number of esters is 1. The van der Waals surface area contributed by atoms with Gasteiger partial charge in [-0.25, -0.2) is 13.6 Å². The molecule has 1 rings (SSSR count). The first-order valence-corrected chi connectivity index (χ1v) is 5.59. The standard InChI is InChI=1S/C11H12BrF2NO2/c1-11(2,3)17-10(16)7-6(13)4-5(12)8(14)9(7)15/h4H,15H2,1-3H3. The highest BCUT2D eigenvalue weighted by atomic mass is 79.9. The molecule has 0 atom stereocenters. The zero-order valence-electron chi connectivity index (χ0n) is 9.61. The van der Waals surface area contributed by atoms with Crippen LogP contribution >= 0.6 is 15.9 Å². The van der Waals surface area contributed by atoms with Gasteiger partial charge in [-0.2, -0.15) is 0 Å². The lowest BCUT2D eigenvalue weighted by Crippen LogP contribution is -2.25. The minimum Gasteiger partial charge on any atom is -0.456 e. The fourth-order valence-electron chi connectivity index (χ4n) is 1.15. The maximum absolute atomic E-state index is 13.5. The molecule has 0 aromatic heterocycles. The van der Waals surface area contributed by atoms with Gasteiger partial charge in [0.1, 0.15) is 17.0 Å². The highest BCUT2D eigenvalue weighted by molar-refractivity contribution is 9.10. The number of hydrogen-bond acceptors (Lipinski definition) is 3. The SMILES string of the molecule is CC(C)(C)OC(=O)c1c(F)cc(Br)c(F)c1N. The van der Waals surface area contributed by atoms with Crippen molar-refractivity contribution in [1.29, 1.82) is 0 Å². The van der Waals surface area contributed by atoms with Crippen LogP contribution in [0.5, 0.6) is 0 Å². The Balaban J connectivity index is 3.24. The van der Waals surface area contributed by atoms with E-state index in [9.17, 15) is 13.6 Å². The first-order valence-electron chi connectivity index (χ1n) is 4.80. The van der Waals surface area contributed by atoms with Crippen LogP contribution in [0.25, 0.3) is 0 Å². The fourth-order valence-corrected chi connectivity index (χ4v) is 1.56. The van der Waals surface area contributed by atoms with Crippen LogP contribution in [0, 0.1) is 11.6 Å². The Kier molecular flexibility index (Phi) is 3.76. The first kappa shape index (κ1) is 13.9. The minimum absolute atomic E-state index is 0.139. The van der Waals surface area contributed by atoms with Crippen molar-refractivity contribution in [3.8, 4) is 0 Å². The number of benzene rings is 1. The zero-order valence-corrected chi connectivity index (χ0v) is 11.2. The predicted octanol–water partition coefficient (Wildman–Crippen LogP) is 3.26. The highest BCUT2D eigenvalue weighted by Crippen LogP contribution is 2.28. The van der Waals surface area contributed by atoms with Crippen LogP contribution in [0.15, 0.2) is 10.5 Å². The molecule has 0 saturated heterocycles. The molecule has 0 amide bonds. The lowest BCUT2D eigenvalue weighted by atomic mass is 10.1. The normalized spacial score (nSPS) is 11.4. The minimum atomic E-state index is -0.987. The highest BCUT2D eigenvalue weighted by Gasteiger charge is 2.26. The lowest BCUT2D eigenvalue weighted by molar-refractivity contribution is 0.00656. The van der Waals surface area contributed by atoms with Gasteiger partial charge in [-0.05, 0) is 42.8 Å². The summed E-state index contributed by atoms with van der Waals surface area (Å²) in [4.78, 5) is 11.6. The molecule has 0 bridgehead atoms. The van der Waals surface area contributed by atoms with Crippen molar-refractivity contribution >= 4 is 27.6 Å². The average Bonchev–Trinajstić information content (AvgIpc) is 2.11. The largest absolute Gasteiger partial charge is 0.456 e. The number of carbonyl (C=O) groups excluding carboxylic acids is 1. The van der Waals surface area contributed by atoms with E-state index in [-0.39, 0.29) is 4.47 Å². The molecule has 1 aromatic rings. The van der Waals surface area contributed by atoms with Gasteiger partial charge in [0.25, 0.3) is 0 Å². The second kappa shape index (κ2) is 4.60. The predicted molar refractivity (Wildman–Crippen MR) is 63.6 cm³/mol. The Labute approximate surface area is 106 Å². The second-order valence-corrected chi connectivity index (χ2v) is 5.30. The third-order valence-corrected chi connectivity index (χ3v) is 2.39. The van der Waals surface area contributed by atoms with E-state index in [0.29, 0.717) is 0 Å². The van der Waals surface area contributed by atoms with Crippen molar-refractivity contribution in [1.82, 2.24) is 0 Å². The second-order valence-electron chi connectivity index (χ2n) is 4.44. The van der Waals surface area contributed by atoms with E-state index < -0.39 is 34.5 Å². The van der Waals surface area contributed by atoms with Crippen LogP contribution in [0.2, 0.25) is 0 Å². The summed E-state index contributed by atoms with van der Waals surface area (Å²) in [6, 6.07) is 0.838. The maximum atomic E-state index is 13.5. The summed E-state index contributed by atoms with van der Waals surface area (Å²) in [5.41, 5.74) is 3.41. The number of nitrogens with two attached hydrogens (primary N) is 1. The quantitative estimate of drug-likeness (QED) is 0.492. The van der Waals surface area contributed by atoms with Gasteiger partial charge in [0.2, 0.25) is 0 Å². The fraction of sp³-hybridized carbons (Fsp3) is 0.364. The summed E-state index contributed by atoms with van der Waals surface area (Å²) in [6.45, 7) is 4.86. The van der Waals surface area contributed by atoms with Crippen LogP contribution < -0.4 is 5.73 Å². The van der Waals surface area contributed by atoms with Gasteiger partial charge < -0.3 is 10.5 Å². The van der Waals surface area contributed by atoms with Crippen molar-refractivity contribution in [2.75, 3.05) is 5.73 Å². The topological polar surface area (TPSA) is 52.3 Å². The number of nitrogen functional groups attached to an aromatic ring is 1. The summed E-state index contributed by atoms with van der Waals surface area (Å²) in [7, 11) is 0. The zero-order chi connectivity index (χ0) is 13.4. The Morgan fingerprint density at radius 2 is 1.94 bits per heavy atom. The van der Waals surface area contributed by atoms with E-state index in [1.165, 1.54) is 0 Å². The molecule has 94 valence electrons. The molecular weight excluding hydrogens is 296 g/mol. The van der Waals surface area contributed by atoms with Crippen molar-refractivity contribution in [2.45, 2.75) is 26.4 Å². The van der Waals surface area contributed by atoms with Crippen molar-refractivity contribution in [2.24, 2.45) is 0 Å². The van der Waals surface area contributed by atoms with Crippen LogP contribution in [-0.2, 0) is 4.74 Å². The summed E-state index contributed by atoms with van der Waals surface area (Å²) in [6.07, 6.45) is 0. The Morgan fingerprint density at radius 1 is 1.41 bits per heavy atom. The molecule has 17 heavy (non-hydrogen) atoms. The van der Waals surface area contributed by atoms with Crippen molar-refractivity contribution in [3.63, 3.8) is 0 Å². The molecule has 2 N–H and O–H groups in total. The average molecular weight is 308 g/mol. The molecule has 0 fully saturated rings. The molecule has 1 aromatic carbocycles. The summed E-state index contributed by atoms with van der Waals surface area (Å²) in [5.74, 6) is -2.80. The number of rotatable bonds is 1. The van der Waals surface area contributed by atoms with Gasteiger partial charge in [-0.15, -0.1) is 0 Å². The molecule has 0 saturated carbocycles. The Hall–Kier alpha value is -1.17. The third-order valence-electron chi connectivity index (χ3n) is 1.81. The molecule has 0 unspecified atom stereocenters. The van der Waals surface area contributed by atoms with Crippen LogP contribution in [0.3, 0.4) is 0 Å².